The number of hydrogen-bond donors (Lipinski definition) is 3. The van der Waals surface area contributed by atoms with E-state index in [0.29, 0.717) is 22.7 Å². The monoisotopic (exact) mass is 837 g/mol. The van der Waals surface area contributed by atoms with Crippen molar-refractivity contribution in [3.8, 4) is 0 Å². The number of hydrogen-bond acceptors (Lipinski definition) is 8. The number of amides is 1. The van der Waals surface area contributed by atoms with Crippen molar-refractivity contribution in [3.05, 3.63) is 85.1 Å². The molecule has 0 radical (unpaired) electrons. The topological polar surface area (TPSA) is 184 Å². The second-order valence-corrected chi connectivity index (χ2v) is 12.6. The zero-order chi connectivity index (χ0) is 32.3. The number of carbonyl (C=O) groups is 2. The van der Waals surface area contributed by atoms with E-state index in [1.54, 1.807) is 51.7 Å². The van der Waals surface area contributed by atoms with Gasteiger partial charge in [0.25, 0.3) is 0 Å². The van der Waals surface area contributed by atoms with Crippen molar-refractivity contribution in [2.75, 3.05) is 6.61 Å². The van der Waals surface area contributed by atoms with Crippen molar-refractivity contribution in [3.63, 3.8) is 0 Å². The summed E-state index contributed by atoms with van der Waals surface area (Å²) < 4.78 is 12.8. The molecule has 46 heavy (non-hydrogen) atoms. The van der Waals surface area contributed by atoms with Gasteiger partial charge < -0.3 is 22.4 Å². The molecule has 3 aromatic carbocycles. The first-order valence-corrected chi connectivity index (χ1v) is 15.7. The van der Waals surface area contributed by atoms with Crippen LogP contribution in [0.5, 0.6) is 0 Å². The first-order chi connectivity index (χ1) is 20.8. The summed E-state index contributed by atoms with van der Waals surface area (Å²) >= 11 is 15.1. The zero-order valence-corrected chi connectivity index (χ0v) is 30.3. The van der Waals surface area contributed by atoms with E-state index in [1.165, 1.54) is 0 Å². The smallest absolute Gasteiger partial charge is 0.338 e. The third-order valence-electron chi connectivity index (χ3n) is 6.52. The molecule has 0 bridgehead atoms. The molecular formula is C30H34Br3N9O3S. The van der Waals surface area contributed by atoms with Crippen molar-refractivity contribution in [2.45, 2.75) is 14.4 Å². The van der Waals surface area contributed by atoms with Gasteiger partial charge in [-0.3, -0.25) is 18.8 Å². The summed E-state index contributed by atoms with van der Waals surface area (Å²) in [6.07, 6.45) is 5.09. The Labute approximate surface area is 296 Å². The fourth-order valence-corrected chi connectivity index (χ4v) is 5.93. The van der Waals surface area contributed by atoms with Gasteiger partial charge in [0.2, 0.25) is 5.91 Å². The molecule has 0 aliphatic heterocycles. The zero-order valence-electron chi connectivity index (χ0n) is 24.7. The number of aryl methyl sites for hydroxylation is 3. The fourth-order valence-electron chi connectivity index (χ4n) is 4.43. The third kappa shape index (κ3) is 8.36. The largest absolute Gasteiger partial charge is 0.462 e. The lowest BCUT2D eigenvalue weighted by Crippen LogP contribution is -2.11. The van der Waals surface area contributed by atoms with Crippen LogP contribution in [0.2, 0.25) is 0 Å². The summed E-state index contributed by atoms with van der Waals surface area (Å²) in [5.41, 5.74) is 15.6. The van der Waals surface area contributed by atoms with E-state index in [-0.39, 0.29) is 19.5 Å². The van der Waals surface area contributed by atoms with Crippen LogP contribution in [0.4, 0.5) is 0 Å². The highest BCUT2D eigenvalue weighted by Gasteiger charge is 2.15. The number of nitrogens with two attached hydrogens (primary N) is 2. The molecular weight excluding hydrogens is 806 g/mol. The normalized spacial score (nSPS) is 10.2. The van der Waals surface area contributed by atoms with Gasteiger partial charge in [-0.05, 0) is 43.3 Å². The van der Waals surface area contributed by atoms with Crippen LogP contribution in [-0.2, 0) is 25.9 Å². The first kappa shape index (κ1) is 38.5. The Bertz CT molecular complexity index is 1960. The molecule has 6 rings (SSSR count). The average Bonchev–Trinajstić information content (AvgIpc) is 3.65. The van der Waals surface area contributed by atoms with E-state index in [2.05, 4.69) is 63.1 Å². The highest BCUT2D eigenvalue weighted by Crippen LogP contribution is 2.26. The molecule has 3 aromatic heterocycles. The molecule has 1 amide bonds. The van der Waals surface area contributed by atoms with Gasteiger partial charge in [0, 0.05) is 56.3 Å². The van der Waals surface area contributed by atoms with Crippen LogP contribution >= 0.6 is 60.0 Å². The van der Waals surface area contributed by atoms with Crippen LogP contribution in [0.3, 0.4) is 0 Å². The van der Waals surface area contributed by atoms with Gasteiger partial charge in [-0.15, -0.1) is 0 Å². The Morgan fingerprint density at radius 3 is 1.43 bits per heavy atom. The fraction of sp³-hybridized carbons (Fsp3) is 0.200. The Kier molecular flexibility index (Phi) is 13.6. The summed E-state index contributed by atoms with van der Waals surface area (Å²) in [5, 5.41) is 14.9. The van der Waals surface area contributed by atoms with E-state index < -0.39 is 5.91 Å². The Morgan fingerprint density at radius 2 is 1.07 bits per heavy atom. The number of carbonyl (C=O) groups excluding carboxylic acids is 2. The molecule has 0 atom stereocenters. The van der Waals surface area contributed by atoms with Gasteiger partial charge in [-0.1, -0.05) is 67.4 Å². The maximum Gasteiger partial charge on any atom is 0.338 e. The number of rotatable bonds is 4. The number of aromatic nitrogens is 6. The Morgan fingerprint density at radius 1 is 0.717 bits per heavy atom. The second-order valence-electron chi connectivity index (χ2n) is 9.41. The molecule has 7 N–H and O–H groups in total. The lowest BCUT2D eigenvalue weighted by atomic mass is 10.1. The summed E-state index contributed by atoms with van der Waals surface area (Å²) in [4.78, 5) is 23.3. The van der Waals surface area contributed by atoms with Crippen LogP contribution in [0.1, 0.15) is 40.6 Å². The second kappa shape index (κ2) is 16.2. The van der Waals surface area contributed by atoms with E-state index >= 15 is 0 Å². The predicted octanol–water partition coefficient (Wildman–Crippen LogP) is 6.72. The molecule has 16 heteroatoms. The molecule has 0 aliphatic rings. The standard InChI is InChI=1S/C11H11BrN2O2.C9H8BrN3O.C9H8BrN3S.CH4.H3N/c1-3-16-11(15)8-4-7(12)5-10-9(8)6-13-14(10)2;2*1-13-8-3-5(10)2-6(9(11)14)7(8)4-12-13;;/h4-6H,3H2,1-2H3;2*2-4H,1H3,(H2,11,14);1H4;1H3. The molecule has 3 heterocycles. The number of halogens is 3. The maximum atomic E-state index is 11.7. The SMILES string of the molecule is C.CCOC(=O)c1cc(Br)cc2c1cnn2C.Cn1ncc2c(C(N)=O)cc(Br)cc21.Cn1ncc2c(C(N)=S)cc(Br)cc21.N. The summed E-state index contributed by atoms with van der Waals surface area (Å²) in [6, 6.07) is 11.2. The lowest BCUT2D eigenvalue weighted by molar-refractivity contribution is 0.0528. The molecule has 6 aromatic rings. The Hall–Kier alpha value is -3.70. The number of benzene rings is 3. The van der Waals surface area contributed by atoms with Crippen molar-refractivity contribution >= 4 is 110 Å². The molecule has 0 spiro atoms. The number of primary amides is 1. The van der Waals surface area contributed by atoms with Crippen LogP contribution in [-0.4, -0.2) is 52.8 Å². The van der Waals surface area contributed by atoms with Crippen molar-refractivity contribution < 1.29 is 14.3 Å². The minimum atomic E-state index is -0.440. The molecule has 0 fully saturated rings. The highest BCUT2D eigenvalue weighted by atomic mass is 79.9. The van der Waals surface area contributed by atoms with Gasteiger partial charge in [-0.2, -0.15) is 15.3 Å². The van der Waals surface area contributed by atoms with Crippen LogP contribution in [0.25, 0.3) is 32.7 Å². The van der Waals surface area contributed by atoms with Gasteiger partial charge >= 0.3 is 5.97 Å². The van der Waals surface area contributed by atoms with E-state index in [1.807, 2.05) is 45.4 Å². The van der Waals surface area contributed by atoms with Gasteiger partial charge in [-0.25, -0.2) is 4.79 Å². The van der Waals surface area contributed by atoms with Crippen molar-refractivity contribution in [2.24, 2.45) is 32.6 Å². The molecule has 0 unspecified atom stereocenters. The number of ether oxygens (including phenoxy) is 1. The van der Waals surface area contributed by atoms with Gasteiger partial charge in [0.15, 0.2) is 0 Å². The van der Waals surface area contributed by atoms with Crippen molar-refractivity contribution in [1.82, 2.24) is 35.5 Å². The van der Waals surface area contributed by atoms with E-state index in [0.717, 1.165) is 51.7 Å². The van der Waals surface area contributed by atoms with Crippen LogP contribution in [0, 0.1) is 0 Å². The minimum absolute atomic E-state index is 0. The summed E-state index contributed by atoms with van der Waals surface area (Å²) in [7, 11) is 5.54. The Balaban J connectivity index is 0.000000236. The quantitative estimate of drug-likeness (QED) is 0.128. The third-order valence-corrected chi connectivity index (χ3v) is 8.11. The lowest BCUT2D eigenvalue weighted by Gasteiger charge is -2.04. The first-order valence-electron chi connectivity index (χ1n) is 12.9. The molecule has 0 aliphatic carbocycles. The number of esters is 1. The van der Waals surface area contributed by atoms with E-state index in [9.17, 15) is 9.59 Å². The number of nitrogens with zero attached hydrogens (tertiary/aromatic N) is 6. The predicted molar refractivity (Wildman–Crippen MR) is 197 cm³/mol. The number of fused-ring (bicyclic) bond motifs is 3. The minimum Gasteiger partial charge on any atom is -0.462 e. The average molecular weight is 840 g/mol. The molecule has 0 saturated heterocycles. The summed E-state index contributed by atoms with van der Waals surface area (Å²) in [5.74, 6) is -0.758. The molecule has 244 valence electrons. The maximum absolute atomic E-state index is 11.7. The van der Waals surface area contributed by atoms with Crippen molar-refractivity contribution in [1.29, 1.82) is 0 Å². The molecule has 0 saturated carbocycles. The molecule has 12 nitrogen and oxygen atoms in total. The number of thiocarbonyl (C=S) groups is 1. The highest BCUT2D eigenvalue weighted by molar-refractivity contribution is 9.11. The van der Waals surface area contributed by atoms with Crippen LogP contribution < -0.4 is 17.6 Å². The van der Waals surface area contributed by atoms with Gasteiger partial charge in [0.1, 0.15) is 4.99 Å². The van der Waals surface area contributed by atoms with Crippen LogP contribution in [0.15, 0.2) is 68.4 Å². The summed E-state index contributed by atoms with van der Waals surface area (Å²) in [6.45, 7) is 2.16. The van der Waals surface area contributed by atoms with E-state index in [4.69, 9.17) is 28.4 Å². The van der Waals surface area contributed by atoms with Gasteiger partial charge in [0.05, 0.1) is 52.9 Å².